The zero-order chi connectivity index (χ0) is 29.1. The summed E-state index contributed by atoms with van der Waals surface area (Å²) in [6.45, 7) is 1.82. The quantitative estimate of drug-likeness (QED) is 0.212. The van der Waals surface area contributed by atoms with E-state index in [4.69, 9.17) is 14.2 Å². The van der Waals surface area contributed by atoms with Gasteiger partial charge in [0.1, 0.15) is 33.5 Å². The van der Waals surface area contributed by atoms with Crippen molar-refractivity contribution >= 4 is 15.8 Å². The molecule has 40 heavy (non-hydrogen) atoms. The first-order valence-electron chi connectivity index (χ1n) is 12.5. The molecule has 0 spiro atoms. The highest BCUT2D eigenvalue weighted by atomic mass is 32.2. The summed E-state index contributed by atoms with van der Waals surface area (Å²) in [4.78, 5) is 11.2. The third-order valence-corrected chi connectivity index (χ3v) is 7.64. The third kappa shape index (κ3) is 7.33. The molecular weight excluding hydrogens is 549 g/mol. The first-order chi connectivity index (χ1) is 18.8. The molecule has 0 amide bonds. The number of ether oxygens (including phenoxy) is 3. The number of halogens is 3. The second-order valence-electron chi connectivity index (χ2n) is 9.77. The second-order valence-corrected chi connectivity index (χ2v) is 12.0. The maximum atomic E-state index is 13.8. The Morgan fingerprint density at radius 3 is 2.30 bits per heavy atom. The zero-order valence-electron chi connectivity index (χ0n) is 21.9. The molecule has 0 aliphatic carbocycles. The van der Waals surface area contributed by atoms with Gasteiger partial charge in [-0.1, -0.05) is 36.4 Å². The van der Waals surface area contributed by atoms with Crippen molar-refractivity contribution < 1.29 is 45.7 Å². The number of carboxylic acids is 1. The highest BCUT2D eigenvalue weighted by Crippen LogP contribution is 2.49. The van der Waals surface area contributed by atoms with Gasteiger partial charge < -0.3 is 19.3 Å². The highest BCUT2D eigenvalue weighted by molar-refractivity contribution is 7.90. The minimum atomic E-state index is -4.67. The first-order valence-corrected chi connectivity index (χ1v) is 14.6. The monoisotopic (exact) mass is 578 g/mol. The molecule has 1 aliphatic rings. The summed E-state index contributed by atoms with van der Waals surface area (Å²) in [6, 6.07) is 17.7. The minimum Gasteiger partial charge on any atom is -0.493 e. The molecule has 3 aromatic rings. The van der Waals surface area contributed by atoms with Crippen LogP contribution in [0.1, 0.15) is 36.5 Å². The lowest BCUT2D eigenvalue weighted by molar-refractivity contribution is -0.139. The summed E-state index contributed by atoms with van der Waals surface area (Å²) in [5.74, 6) is -0.933. The molecule has 1 N–H and O–H groups in total. The fraction of sp³-hybridized carbons (Fsp3) is 0.345. The summed E-state index contributed by atoms with van der Waals surface area (Å²) in [7, 11) is -3.24. The number of hydrogen-bond acceptors (Lipinski definition) is 6. The van der Waals surface area contributed by atoms with Crippen molar-refractivity contribution in [2.45, 2.75) is 44.3 Å². The SMILES string of the molecule is CC1OC1(CC(=O)O)c1ccc(OCc2cccc(-c3ccc(OCCCS(C)(=O)=O)c(C(F)(F)F)c3)c2)cc1. The number of aliphatic carboxylic acids is 1. The molecule has 11 heteroatoms. The standard InChI is InChI=1S/C29H29F3O7S/c1-19-28(39-19,17-27(33)34)23-8-10-24(11-9-23)38-18-20-5-3-6-21(15-20)22-7-12-26(25(16-22)29(30,31)32)37-13-4-14-40(2,35)36/h3,5-12,15-16,19H,4,13-14,17-18H2,1-2H3,(H,33,34). The lowest BCUT2D eigenvalue weighted by atomic mass is 9.92. The van der Waals surface area contributed by atoms with E-state index in [9.17, 15) is 31.5 Å². The van der Waals surface area contributed by atoms with Gasteiger partial charge in [-0.25, -0.2) is 8.42 Å². The third-order valence-electron chi connectivity index (χ3n) is 6.61. The average molecular weight is 579 g/mol. The van der Waals surface area contributed by atoms with Crippen molar-refractivity contribution in [1.29, 1.82) is 0 Å². The Bertz CT molecular complexity index is 1470. The molecule has 2 unspecified atom stereocenters. The van der Waals surface area contributed by atoms with E-state index in [1.54, 1.807) is 48.5 Å². The van der Waals surface area contributed by atoms with Crippen LogP contribution >= 0.6 is 0 Å². The molecular formula is C29H29F3O7S. The van der Waals surface area contributed by atoms with Gasteiger partial charge in [-0.15, -0.1) is 0 Å². The van der Waals surface area contributed by atoms with E-state index in [2.05, 4.69) is 0 Å². The minimum absolute atomic E-state index is 0.0821. The molecule has 1 saturated heterocycles. The molecule has 0 radical (unpaired) electrons. The van der Waals surface area contributed by atoms with E-state index in [1.165, 1.54) is 12.1 Å². The molecule has 7 nitrogen and oxygen atoms in total. The van der Waals surface area contributed by atoms with Crippen LogP contribution in [0.25, 0.3) is 11.1 Å². The van der Waals surface area contributed by atoms with Crippen molar-refractivity contribution in [2.24, 2.45) is 0 Å². The van der Waals surface area contributed by atoms with Gasteiger partial charge in [0.25, 0.3) is 0 Å². The zero-order valence-corrected chi connectivity index (χ0v) is 22.7. The fourth-order valence-electron chi connectivity index (χ4n) is 4.50. The number of sulfone groups is 1. The maximum absolute atomic E-state index is 13.8. The van der Waals surface area contributed by atoms with Gasteiger partial charge in [0.05, 0.1) is 30.4 Å². The number of carbonyl (C=O) groups is 1. The normalized spacial score (nSPS) is 18.8. The molecule has 1 fully saturated rings. The summed E-state index contributed by atoms with van der Waals surface area (Å²) in [5, 5.41) is 9.19. The molecule has 0 saturated carbocycles. The number of benzene rings is 3. The number of carboxylic acid groups (broad SMARTS) is 1. The molecule has 2 atom stereocenters. The van der Waals surface area contributed by atoms with Crippen LogP contribution in [0.5, 0.6) is 11.5 Å². The predicted molar refractivity (Wildman–Crippen MR) is 142 cm³/mol. The molecule has 1 heterocycles. The van der Waals surface area contributed by atoms with Crippen LogP contribution in [0.15, 0.2) is 66.7 Å². The van der Waals surface area contributed by atoms with Gasteiger partial charge in [0.15, 0.2) is 0 Å². The summed E-state index contributed by atoms with van der Waals surface area (Å²) in [6.07, 6.45) is -3.86. The van der Waals surface area contributed by atoms with E-state index in [1.807, 2.05) is 6.92 Å². The van der Waals surface area contributed by atoms with E-state index in [0.29, 0.717) is 16.9 Å². The Balaban J connectivity index is 1.44. The Hall–Kier alpha value is -3.57. The first kappa shape index (κ1) is 29.4. The summed E-state index contributed by atoms with van der Waals surface area (Å²) < 4.78 is 80.6. The Kier molecular flexibility index (Phi) is 8.46. The van der Waals surface area contributed by atoms with E-state index in [-0.39, 0.29) is 43.7 Å². The summed E-state index contributed by atoms with van der Waals surface area (Å²) in [5.41, 5.74) is 0.605. The summed E-state index contributed by atoms with van der Waals surface area (Å²) >= 11 is 0. The van der Waals surface area contributed by atoms with Crippen molar-refractivity contribution in [3.8, 4) is 22.6 Å². The van der Waals surface area contributed by atoms with Gasteiger partial charge in [0.2, 0.25) is 0 Å². The Morgan fingerprint density at radius 2 is 1.70 bits per heavy atom. The van der Waals surface area contributed by atoms with E-state index >= 15 is 0 Å². The van der Waals surface area contributed by atoms with Gasteiger partial charge in [-0.2, -0.15) is 13.2 Å². The van der Waals surface area contributed by atoms with Crippen LogP contribution in [0.2, 0.25) is 0 Å². The predicted octanol–water partition coefficient (Wildman–Crippen LogP) is 5.85. The van der Waals surface area contributed by atoms with Crippen LogP contribution in [0.3, 0.4) is 0 Å². The van der Waals surface area contributed by atoms with E-state index < -0.39 is 33.1 Å². The molecule has 214 valence electrons. The van der Waals surface area contributed by atoms with Gasteiger partial charge in [-0.05, 0) is 65.9 Å². The largest absolute Gasteiger partial charge is 0.493 e. The van der Waals surface area contributed by atoms with Crippen LogP contribution in [-0.4, -0.2) is 44.2 Å². The molecule has 4 rings (SSSR count). The number of rotatable bonds is 12. The molecule has 0 aromatic heterocycles. The van der Waals surface area contributed by atoms with Crippen LogP contribution < -0.4 is 9.47 Å². The highest BCUT2D eigenvalue weighted by Gasteiger charge is 2.56. The Morgan fingerprint density at radius 1 is 1.02 bits per heavy atom. The number of epoxide rings is 1. The van der Waals surface area contributed by atoms with Crippen LogP contribution in [0.4, 0.5) is 13.2 Å². The number of hydrogen-bond donors (Lipinski definition) is 1. The smallest absolute Gasteiger partial charge is 0.419 e. The topological polar surface area (TPSA) is 102 Å². The second kappa shape index (κ2) is 11.5. The lowest BCUT2D eigenvalue weighted by Crippen LogP contribution is -2.17. The van der Waals surface area contributed by atoms with Crippen LogP contribution in [0, 0.1) is 0 Å². The molecule has 0 bridgehead atoms. The van der Waals surface area contributed by atoms with Gasteiger partial charge in [0, 0.05) is 6.26 Å². The van der Waals surface area contributed by atoms with Gasteiger partial charge in [-0.3, -0.25) is 4.79 Å². The average Bonchev–Trinajstić information content (AvgIpc) is 3.53. The van der Waals surface area contributed by atoms with Crippen molar-refractivity contribution in [3.05, 3.63) is 83.4 Å². The lowest BCUT2D eigenvalue weighted by Gasteiger charge is -2.16. The maximum Gasteiger partial charge on any atom is 0.419 e. The van der Waals surface area contributed by atoms with E-state index in [0.717, 1.165) is 23.4 Å². The van der Waals surface area contributed by atoms with Crippen molar-refractivity contribution in [1.82, 2.24) is 0 Å². The molecule has 3 aromatic carbocycles. The Labute approximate surface area is 230 Å². The van der Waals surface area contributed by atoms with Crippen molar-refractivity contribution in [3.63, 3.8) is 0 Å². The van der Waals surface area contributed by atoms with Crippen LogP contribution in [-0.2, 0) is 37.8 Å². The number of alkyl halides is 3. The van der Waals surface area contributed by atoms with Gasteiger partial charge >= 0.3 is 12.1 Å². The van der Waals surface area contributed by atoms with Crippen molar-refractivity contribution in [2.75, 3.05) is 18.6 Å². The fourth-order valence-corrected chi connectivity index (χ4v) is 5.14. The molecule has 1 aliphatic heterocycles.